The Kier molecular flexibility index (Phi) is 2.70. The Morgan fingerprint density at radius 2 is 2.31 bits per heavy atom. The summed E-state index contributed by atoms with van der Waals surface area (Å²) in [5.74, 6) is 0.672. The minimum Gasteiger partial charge on any atom is -0.422 e. The number of nitrogens with two attached hydrogens (primary N) is 1. The summed E-state index contributed by atoms with van der Waals surface area (Å²) in [5, 5.41) is 0. The highest BCUT2D eigenvalue weighted by Crippen LogP contribution is 2.20. The zero-order valence-electron chi connectivity index (χ0n) is 9.23. The Balaban J connectivity index is 2.49. The van der Waals surface area contributed by atoms with E-state index in [-0.39, 0.29) is 18.2 Å². The van der Waals surface area contributed by atoms with Crippen LogP contribution in [0.15, 0.2) is 16.7 Å². The molecule has 2 aromatic rings. The molecule has 5 nitrogen and oxygen atoms in total. The molecule has 0 amide bonds. The number of nitrogens with zero attached hydrogens (tertiary/aromatic N) is 2. The van der Waals surface area contributed by atoms with Crippen LogP contribution in [0.5, 0.6) is 0 Å². The summed E-state index contributed by atoms with van der Waals surface area (Å²) < 4.78 is 5.43. The first-order chi connectivity index (χ1) is 7.61. The van der Waals surface area contributed by atoms with Gasteiger partial charge in [-0.15, -0.1) is 0 Å². The first-order valence-electron chi connectivity index (χ1n) is 5.11. The minimum absolute atomic E-state index is 0.0257. The fourth-order valence-corrected chi connectivity index (χ4v) is 1.36. The van der Waals surface area contributed by atoms with Crippen molar-refractivity contribution in [3.05, 3.63) is 23.7 Å². The quantitative estimate of drug-likeness (QED) is 0.791. The molecule has 0 bridgehead atoms. The number of pyridine rings is 1. The molecule has 0 spiro atoms. The van der Waals surface area contributed by atoms with Crippen LogP contribution in [0.25, 0.3) is 11.2 Å². The minimum atomic E-state index is -0.150. The molecule has 0 saturated heterocycles. The SMILES string of the molecule is CC(C)c1nc2cc(C(=O)CN)cnc2o1. The van der Waals surface area contributed by atoms with E-state index >= 15 is 0 Å². The van der Waals surface area contributed by atoms with Gasteiger partial charge in [0, 0.05) is 17.7 Å². The second-order valence-corrected chi connectivity index (χ2v) is 3.88. The van der Waals surface area contributed by atoms with Crippen LogP contribution in [0.3, 0.4) is 0 Å². The second-order valence-electron chi connectivity index (χ2n) is 3.88. The van der Waals surface area contributed by atoms with Gasteiger partial charge in [-0.2, -0.15) is 0 Å². The van der Waals surface area contributed by atoms with E-state index in [1.165, 1.54) is 6.20 Å². The van der Waals surface area contributed by atoms with Gasteiger partial charge in [0.15, 0.2) is 11.7 Å². The molecular formula is C11H13N3O2. The number of hydrogen-bond donors (Lipinski definition) is 1. The van der Waals surface area contributed by atoms with Crippen LogP contribution in [0, 0.1) is 0 Å². The van der Waals surface area contributed by atoms with Crippen LogP contribution in [0.2, 0.25) is 0 Å². The number of carbonyl (C=O) groups is 1. The first kappa shape index (κ1) is 10.8. The maximum Gasteiger partial charge on any atom is 0.246 e. The third kappa shape index (κ3) is 1.81. The fourth-order valence-electron chi connectivity index (χ4n) is 1.36. The van der Waals surface area contributed by atoms with Gasteiger partial charge in [-0.05, 0) is 6.07 Å². The van der Waals surface area contributed by atoms with Crippen molar-refractivity contribution in [1.29, 1.82) is 0 Å². The van der Waals surface area contributed by atoms with E-state index in [2.05, 4.69) is 9.97 Å². The summed E-state index contributed by atoms with van der Waals surface area (Å²) in [4.78, 5) is 19.7. The summed E-state index contributed by atoms with van der Waals surface area (Å²) in [6.07, 6.45) is 1.47. The summed E-state index contributed by atoms with van der Waals surface area (Å²) in [6, 6.07) is 1.66. The van der Waals surface area contributed by atoms with Gasteiger partial charge in [-0.25, -0.2) is 9.97 Å². The molecular weight excluding hydrogens is 206 g/mol. The average molecular weight is 219 g/mol. The first-order valence-corrected chi connectivity index (χ1v) is 5.11. The number of carbonyl (C=O) groups excluding carboxylic acids is 1. The Morgan fingerprint density at radius 3 is 2.94 bits per heavy atom. The fraction of sp³-hybridized carbons (Fsp3) is 0.364. The van der Waals surface area contributed by atoms with Gasteiger partial charge in [0.2, 0.25) is 5.71 Å². The Bertz CT molecular complexity index is 531. The van der Waals surface area contributed by atoms with Gasteiger partial charge in [0.1, 0.15) is 5.52 Å². The van der Waals surface area contributed by atoms with E-state index in [1.54, 1.807) is 6.07 Å². The molecule has 16 heavy (non-hydrogen) atoms. The lowest BCUT2D eigenvalue weighted by Crippen LogP contribution is -2.13. The smallest absolute Gasteiger partial charge is 0.246 e. The number of fused-ring (bicyclic) bond motifs is 1. The molecule has 0 saturated carbocycles. The molecule has 0 aliphatic rings. The lowest BCUT2D eigenvalue weighted by Gasteiger charge is -1.94. The molecule has 0 aromatic carbocycles. The Hall–Kier alpha value is -1.75. The zero-order chi connectivity index (χ0) is 11.7. The van der Waals surface area contributed by atoms with Crippen molar-refractivity contribution in [2.24, 2.45) is 5.73 Å². The molecule has 0 aliphatic carbocycles. The zero-order valence-corrected chi connectivity index (χ0v) is 9.23. The van der Waals surface area contributed by atoms with Crippen molar-refractivity contribution in [2.45, 2.75) is 19.8 Å². The topological polar surface area (TPSA) is 82.0 Å². The maximum absolute atomic E-state index is 11.4. The third-order valence-electron chi connectivity index (χ3n) is 2.27. The van der Waals surface area contributed by atoms with Crippen molar-refractivity contribution in [3.63, 3.8) is 0 Å². The number of Topliss-reactive ketones (excluding diaryl/α,β-unsaturated/α-hetero) is 1. The second kappa shape index (κ2) is 4.02. The van der Waals surface area contributed by atoms with E-state index in [0.29, 0.717) is 22.7 Å². The highest BCUT2D eigenvalue weighted by atomic mass is 16.4. The predicted octanol–water partition coefficient (Wildman–Crippen LogP) is 1.49. The van der Waals surface area contributed by atoms with Crippen LogP contribution in [0.4, 0.5) is 0 Å². The maximum atomic E-state index is 11.4. The average Bonchev–Trinajstić information content (AvgIpc) is 2.70. The van der Waals surface area contributed by atoms with Crippen molar-refractivity contribution < 1.29 is 9.21 Å². The lowest BCUT2D eigenvalue weighted by atomic mass is 10.2. The summed E-state index contributed by atoms with van der Waals surface area (Å²) in [5.41, 5.74) is 6.81. The largest absolute Gasteiger partial charge is 0.422 e. The number of ketones is 1. The van der Waals surface area contributed by atoms with Crippen molar-refractivity contribution in [3.8, 4) is 0 Å². The normalized spacial score (nSPS) is 11.2. The molecule has 2 aromatic heterocycles. The van der Waals surface area contributed by atoms with Crippen LogP contribution in [-0.2, 0) is 0 Å². The molecule has 0 unspecified atom stereocenters. The Morgan fingerprint density at radius 1 is 1.56 bits per heavy atom. The molecule has 0 fully saturated rings. The number of oxazole rings is 1. The van der Waals surface area contributed by atoms with E-state index in [1.807, 2.05) is 13.8 Å². The molecule has 2 N–H and O–H groups in total. The highest BCUT2D eigenvalue weighted by molar-refractivity contribution is 5.99. The Labute approximate surface area is 92.7 Å². The van der Waals surface area contributed by atoms with Crippen LogP contribution < -0.4 is 5.73 Å². The third-order valence-corrected chi connectivity index (χ3v) is 2.27. The molecule has 84 valence electrons. The predicted molar refractivity (Wildman–Crippen MR) is 59.3 cm³/mol. The van der Waals surface area contributed by atoms with Gasteiger partial charge in [-0.3, -0.25) is 4.79 Å². The monoisotopic (exact) mass is 219 g/mol. The molecule has 5 heteroatoms. The standard InChI is InChI=1S/C11H13N3O2/c1-6(2)10-14-8-3-7(9(15)4-12)5-13-11(8)16-10/h3,5-6H,4,12H2,1-2H3. The molecule has 0 atom stereocenters. The van der Waals surface area contributed by atoms with E-state index < -0.39 is 0 Å². The van der Waals surface area contributed by atoms with Gasteiger partial charge >= 0.3 is 0 Å². The van der Waals surface area contributed by atoms with Crippen LogP contribution >= 0.6 is 0 Å². The van der Waals surface area contributed by atoms with Crippen molar-refractivity contribution in [1.82, 2.24) is 9.97 Å². The number of rotatable bonds is 3. The molecule has 2 heterocycles. The number of hydrogen-bond acceptors (Lipinski definition) is 5. The summed E-state index contributed by atoms with van der Waals surface area (Å²) in [6.45, 7) is 3.94. The van der Waals surface area contributed by atoms with Gasteiger partial charge in [0.25, 0.3) is 0 Å². The molecule has 2 rings (SSSR count). The van der Waals surface area contributed by atoms with Crippen molar-refractivity contribution in [2.75, 3.05) is 6.54 Å². The van der Waals surface area contributed by atoms with Crippen LogP contribution in [-0.4, -0.2) is 22.3 Å². The summed E-state index contributed by atoms with van der Waals surface area (Å²) >= 11 is 0. The lowest BCUT2D eigenvalue weighted by molar-refractivity contribution is 0.100. The van der Waals surface area contributed by atoms with E-state index in [4.69, 9.17) is 10.2 Å². The molecule has 0 aliphatic heterocycles. The number of aromatic nitrogens is 2. The van der Waals surface area contributed by atoms with Crippen molar-refractivity contribution >= 4 is 17.0 Å². The van der Waals surface area contributed by atoms with E-state index in [0.717, 1.165) is 0 Å². The van der Waals surface area contributed by atoms with Gasteiger partial charge in [0.05, 0.1) is 6.54 Å². The molecule has 0 radical (unpaired) electrons. The highest BCUT2D eigenvalue weighted by Gasteiger charge is 2.12. The summed E-state index contributed by atoms with van der Waals surface area (Å²) in [7, 11) is 0. The van der Waals surface area contributed by atoms with Crippen LogP contribution in [0.1, 0.15) is 36.0 Å². The van der Waals surface area contributed by atoms with Gasteiger partial charge < -0.3 is 10.2 Å². The van der Waals surface area contributed by atoms with E-state index in [9.17, 15) is 4.79 Å². The van der Waals surface area contributed by atoms with Gasteiger partial charge in [-0.1, -0.05) is 13.8 Å².